The van der Waals surface area contributed by atoms with Gasteiger partial charge in [0, 0.05) is 7.11 Å². The third-order valence-corrected chi connectivity index (χ3v) is 3.77. The number of rotatable bonds is 6. The van der Waals surface area contributed by atoms with Gasteiger partial charge in [0.1, 0.15) is 0 Å². The molecule has 1 aliphatic carbocycles. The van der Waals surface area contributed by atoms with Gasteiger partial charge in [0.15, 0.2) is 0 Å². The zero-order valence-corrected chi connectivity index (χ0v) is 10.7. The van der Waals surface area contributed by atoms with Gasteiger partial charge in [-0.2, -0.15) is 0 Å². The van der Waals surface area contributed by atoms with Crippen molar-refractivity contribution >= 4 is 0 Å². The summed E-state index contributed by atoms with van der Waals surface area (Å²) in [6.45, 7) is 6.12. The highest BCUT2D eigenvalue weighted by Gasteiger charge is 2.30. The first-order valence-corrected chi connectivity index (χ1v) is 6.12. The Morgan fingerprint density at radius 2 is 1.80 bits per heavy atom. The smallest absolute Gasteiger partial charge is 0.0623 e. The van der Waals surface area contributed by atoms with Crippen LogP contribution in [0.2, 0.25) is 0 Å². The second kappa shape index (κ2) is 4.84. The number of hydrogen-bond acceptors (Lipinski definition) is 2. The summed E-state index contributed by atoms with van der Waals surface area (Å²) in [6.07, 6.45) is 6.69. The Labute approximate surface area is 94.0 Å². The molecule has 2 heteroatoms. The van der Waals surface area contributed by atoms with Crippen molar-refractivity contribution in [2.75, 3.05) is 7.11 Å². The first-order chi connectivity index (χ1) is 6.85. The Balaban J connectivity index is 2.28. The number of hydrogen-bond donors (Lipinski definition) is 1. The molecule has 0 saturated heterocycles. The van der Waals surface area contributed by atoms with Gasteiger partial charge in [-0.1, -0.05) is 19.3 Å². The van der Waals surface area contributed by atoms with E-state index in [1.165, 1.54) is 19.3 Å². The van der Waals surface area contributed by atoms with Gasteiger partial charge in [0.05, 0.1) is 11.2 Å². The maximum absolute atomic E-state index is 10.3. The lowest BCUT2D eigenvalue weighted by Crippen LogP contribution is -2.33. The van der Waals surface area contributed by atoms with Crippen molar-refractivity contribution in [3.8, 4) is 0 Å². The lowest BCUT2D eigenvalue weighted by molar-refractivity contribution is -0.0326. The average Bonchev–Trinajstić information content (AvgIpc) is 2.09. The van der Waals surface area contributed by atoms with E-state index < -0.39 is 5.60 Å². The van der Waals surface area contributed by atoms with E-state index >= 15 is 0 Å². The Hall–Kier alpha value is -0.0800. The first kappa shape index (κ1) is 13.0. The molecule has 0 heterocycles. The lowest BCUT2D eigenvalue weighted by atomic mass is 9.76. The zero-order valence-electron chi connectivity index (χ0n) is 10.7. The summed E-state index contributed by atoms with van der Waals surface area (Å²) >= 11 is 0. The topological polar surface area (TPSA) is 29.5 Å². The van der Waals surface area contributed by atoms with Crippen molar-refractivity contribution < 1.29 is 9.84 Å². The van der Waals surface area contributed by atoms with Crippen molar-refractivity contribution in [1.29, 1.82) is 0 Å². The van der Waals surface area contributed by atoms with Crippen molar-refractivity contribution in [3.63, 3.8) is 0 Å². The summed E-state index contributed by atoms with van der Waals surface area (Å²) in [7, 11) is 1.74. The molecule has 0 aromatic heterocycles. The monoisotopic (exact) mass is 214 g/mol. The molecule has 1 atom stereocenters. The minimum absolute atomic E-state index is 0.108. The minimum atomic E-state index is -0.499. The second-order valence-corrected chi connectivity index (χ2v) is 5.96. The van der Waals surface area contributed by atoms with Crippen LogP contribution in [0.15, 0.2) is 0 Å². The summed E-state index contributed by atoms with van der Waals surface area (Å²) in [6, 6.07) is 0. The molecule has 90 valence electrons. The second-order valence-electron chi connectivity index (χ2n) is 5.96. The van der Waals surface area contributed by atoms with Crippen LogP contribution in [0.3, 0.4) is 0 Å². The Morgan fingerprint density at radius 1 is 1.20 bits per heavy atom. The summed E-state index contributed by atoms with van der Waals surface area (Å²) in [4.78, 5) is 0. The number of ether oxygens (including phenoxy) is 1. The predicted molar refractivity (Wildman–Crippen MR) is 62.9 cm³/mol. The third-order valence-electron chi connectivity index (χ3n) is 3.77. The largest absolute Gasteiger partial charge is 0.390 e. The van der Waals surface area contributed by atoms with Crippen molar-refractivity contribution in [2.24, 2.45) is 5.92 Å². The van der Waals surface area contributed by atoms with Crippen LogP contribution in [0, 0.1) is 5.92 Å². The van der Waals surface area contributed by atoms with Gasteiger partial charge in [0.2, 0.25) is 0 Å². The van der Waals surface area contributed by atoms with Crippen LogP contribution in [-0.2, 0) is 4.74 Å². The van der Waals surface area contributed by atoms with Gasteiger partial charge in [-0.05, 0) is 46.0 Å². The molecule has 0 amide bonds. The highest BCUT2D eigenvalue weighted by molar-refractivity contribution is 4.83. The van der Waals surface area contributed by atoms with E-state index in [2.05, 4.69) is 13.8 Å². The van der Waals surface area contributed by atoms with Gasteiger partial charge in [0.25, 0.3) is 0 Å². The molecule has 1 aliphatic rings. The van der Waals surface area contributed by atoms with Gasteiger partial charge < -0.3 is 9.84 Å². The third kappa shape index (κ3) is 4.52. The van der Waals surface area contributed by atoms with Crippen LogP contribution in [0.25, 0.3) is 0 Å². The summed E-state index contributed by atoms with van der Waals surface area (Å²) in [5.41, 5.74) is -0.607. The number of aliphatic hydroxyl groups is 1. The first-order valence-electron chi connectivity index (χ1n) is 6.12. The van der Waals surface area contributed by atoms with Crippen molar-refractivity contribution in [2.45, 2.75) is 70.5 Å². The van der Waals surface area contributed by atoms with E-state index in [-0.39, 0.29) is 5.60 Å². The van der Waals surface area contributed by atoms with E-state index in [1.807, 2.05) is 6.92 Å². The summed E-state index contributed by atoms with van der Waals surface area (Å²) < 4.78 is 5.37. The Bertz CT molecular complexity index is 193. The highest BCUT2D eigenvalue weighted by atomic mass is 16.5. The normalized spacial score (nSPS) is 22.2. The van der Waals surface area contributed by atoms with Crippen LogP contribution >= 0.6 is 0 Å². The number of methoxy groups -OCH3 is 1. The van der Waals surface area contributed by atoms with Crippen LogP contribution in [0.5, 0.6) is 0 Å². The quantitative estimate of drug-likeness (QED) is 0.736. The van der Waals surface area contributed by atoms with E-state index in [0.29, 0.717) is 0 Å². The average molecular weight is 214 g/mol. The van der Waals surface area contributed by atoms with Gasteiger partial charge in [-0.3, -0.25) is 0 Å². The van der Waals surface area contributed by atoms with Crippen LogP contribution < -0.4 is 0 Å². The van der Waals surface area contributed by atoms with E-state index in [1.54, 1.807) is 7.11 Å². The van der Waals surface area contributed by atoms with E-state index in [0.717, 1.165) is 25.2 Å². The van der Waals surface area contributed by atoms with E-state index in [9.17, 15) is 5.11 Å². The summed E-state index contributed by atoms with van der Waals surface area (Å²) in [5, 5.41) is 10.3. The zero-order chi connectivity index (χ0) is 11.5. The minimum Gasteiger partial charge on any atom is -0.390 e. The molecular formula is C13H26O2. The lowest BCUT2D eigenvalue weighted by Gasteiger charge is -2.35. The molecule has 1 unspecified atom stereocenters. The molecule has 0 bridgehead atoms. The molecule has 1 rings (SSSR count). The fourth-order valence-electron chi connectivity index (χ4n) is 2.09. The fourth-order valence-corrected chi connectivity index (χ4v) is 2.09. The molecule has 15 heavy (non-hydrogen) atoms. The van der Waals surface area contributed by atoms with E-state index in [4.69, 9.17) is 4.74 Å². The van der Waals surface area contributed by atoms with Crippen LogP contribution in [-0.4, -0.2) is 23.4 Å². The van der Waals surface area contributed by atoms with Crippen LogP contribution in [0.4, 0.5) is 0 Å². The van der Waals surface area contributed by atoms with Gasteiger partial charge in [-0.25, -0.2) is 0 Å². The molecule has 0 radical (unpaired) electrons. The molecular weight excluding hydrogens is 188 g/mol. The van der Waals surface area contributed by atoms with Crippen LogP contribution in [0.1, 0.15) is 59.3 Å². The molecule has 0 aromatic carbocycles. The standard InChI is InChI=1S/C13H26O2/c1-12(2,15-4)8-9-13(3,14)10-11-6-5-7-11/h11,14H,5-10H2,1-4H3. The molecule has 1 fully saturated rings. The molecule has 0 aromatic rings. The van der Waals surface area contributed by atoms with Crippen molar-refractivity contribution in [3.05, 3.63) is 0 Å². The molecule has 1 saturated carbocycles. The fraction of sp³-hybridized carbons (Fsp3) is 1.00. The van der Waals surface area contributed by atoms with Crippen molar-refractivity contribution in [1.82, 2.24) is 0 Å². The maximum atomic E-state index is 10.3. The molecule has 0 aliphatic heterocycles. The predicted octanol–water partition coefficient (Wildman–Crippen LogP) is 3.13. The molecule has 1 N–H and O–H groups in total. The molecule has 0 spiro atoms. The van der Waals surface area contributed by atoms with Gasteiger partial charge in [-0.15, -0.1) is 0 Å². The Kier molecular flexibility index (Phi) is 4.19. The van der Waals surface area contributed by atoms with Gasteiger partial charge >= 0.3 is 0 Å². The Morgan fingerprint density at radius 3 is 2.20 bits per heavy atom. The SMILES string of the molecule is COC(C)(C)CCC(C)(O)CC1CCC1. The molecule has 2 nitrogen and oxygen atoms in total. The highest BCUT2D eigenvalue weighted by Crippen LogP contribution is 2.36. The maximum Gasteiger partial charge on any atom is 0.0623 e. The summed E-state index contributed by atoms with van der Waals surface area (Å²) in [5.74, 6) is 0.769.